The SMILES string of the molecule is CC(Oc1ccc2c(c1)CCCC2)c1ccc(N)cc1. The molecule has 1 atom stereocenters. The Morgan fingerprint density at radius 1 is 0.950 bits per heavy atom. The van der Waals surface area contributed by atoms with Gasteiger partial charge >= 0.3 is 0 Å². The van der Waals surface area contributed by atoms with E-state index >= 15 is 0 Å². The van der Waals surface area contributed by atoms with Crippen LogP contribution in [0.3, 0.4) is 0 Å². The smallest absolute Gasteiger partial charge is 0.121 e. The number of ether oxygens (including phenoxy) is 1. The van der Waals surface area contributed by atoms with Crippen LogP contribution in [0.25, 0.3) is 0 Å². The van der Waals surface area contributed by atoms with Crippen LogP contribution in [0.4, 0.5) is 5.69 Å². The maximum absolute atomic E-state index is 6.07. The van der Waals surface area contributed by atoms with E-state index in [1.807, 2.05) is 24.3 Å². The largest absolute Gasteiger partial charge is 0.486 e. The van der Waals surface area contributed by atoms with Gasteiger partial charge in [0.05, 0.1) is 0 Å². The molecule has 0 heterocycles. The average molecular weight is 267 g/mol. The maximum atomic E-state index is 6.07. The molecule has 0 bridgehead atoms. The number of hydrogen-bond acceptors (Lipinski definition) is 2. The third-order valence-corrected chi connectivity index (χ3v) is 4.04. The van der Waals surface area contributed by atoms with E-state index in [1.165, 1.54) is 36.8 Å². The van der Waals surface area contributed by atoms with E-state index < -0.39 is 0 Å². The van der Waals surface area contributed by atoms with Crippen LogP contribution in [-0.4, -0.2) is 0 Å². The minimum Gasteiger partial charge on any atom is -0.486 e. The number of rotatable bonds is 3. The zero-order valence-electron chi connectivity index (χ0n) is 11.9. The van der Waals surface area contributed by atoms with Crippen LogP contribution in [0, 0.1) is 0 Å². The first-order chi connectivity index (χ1) is 9.72. The summed E-state index contributed by atoms with van der Waals surface area (Å²) in [6.07, 6.45) is 5.04. The van der Waals surface area contributed by atoms with Gasteiger partial charge in [-0.3, -0.25) is 0 Å². The molecular weight excluding hydrogens is 246 g/mol. The van der Waals surface area contributed by atoms with Crippen LogP contribution >= 0.6 is 0 Å². The third-order valence-electron chi connectivity index (χ3n) is 4.04. The molecule has 1 unspecified atom stereocenters. The number of aryl methyl sites for hydroxylation is 2. The van der Waals surface area contributed by atoms with Gasteiger partial charge in [0.1, 0.15) is 11.9 Å². The van der Waals surface area contributed by atoms with Crippen molar-refractivity contribution in [1.29, 1.82) is 0 Å². The Morgan fingerprint density at radius 3 is 2.40 bits per heavy atom. The Kier molecular flexibility index (Phi) is 3.64. The van der Waals surface area contributed by atoms with Gasteiger partial charge in [0.25, 0.3) is 0 Å². The summed E-state index contributed by atoms with van der Waals surface area (Å²) < 4.78 is 6.07. The predicted molar refractivity (Wildman–Crippen MR) is 83.0 cm³/mol. The van der Waals surface area contributed by atoms with Crippen molar-refractivity contribution in [2.75, 3.05) is 5.73 Å². The number of hydrogen-bond donors (Lipinski definition) is 1. The molecule has 2 nitrogen and oxygen atoms in total. The highest BCUT2D eigenvalue weighted by atomic mass is 16.5. The highest BCUT2D eigenvalue weighted by Crippen LogP contribution is 2.28. The molecule has 2 aromatic carbocycles. The standard InChI is InChI=1S/C18H21NO/c1-13(14-6-9-17(19)10-7-14)20-18-11-8-15-4-2-3-5-16(15)12-18/h6-13H,2-5,19H2,1H3. The summed E-state index contributed by atoms with van der Waals surface area (Å²) in [6, 6.07) is 14.4. The number of benzene rings is 2. The van der Waals surface area contributed by atoms with Gasteiger partial charge in [0, 0.05) is 5.69 Å². The quantitative estimate of drug-likeness (QED) is 0.842. The molecule has 2 heteroatoms. The van der Waals surface area contributed by atoms with Gasteiger partial charge in [0.2, 0.25) is 0 Å². The molecule has 0 aromatic heterocycles. The number of nitrogens with two attached hydrogens (primary N) is 1. The number of anilines is 1. The fourth-order valence-corrected chi connectivity index (χ4v) is 2.82. The van der Waals surface area contributed by atoms with E-state index in [2.05, 4.69) is 25.1 Å². The maximum Gasteiger partial charge on any atom is 0.121 e. The van der Waals surface area contributed by atoms with E-state index in [9.17, 15) is 0 Å². The second-order valence-electron chi connectivity index (χ2n) is 5.56. The first-order valence-corrected chi connectivity index (χ1v) is 7.36. The Morgan fingerprint density at radius 2 is 1.65 bits per heavy atom. The molecule has 1 aliphatic carbocycles. The van der Waals surface area contributed by atoms with Crippen molar-refractivity contribution in [3.8, 4) is 5.75 Å². The van der Waals surface area contributed by atoms with E-state index in [1.54, 1.807) is 0 Å². The molecule has 20 heavy (non-hydrogen) atoms. The Hall–Kier alpha value is -1.96. The molecule has 0 saturated heterocycles. The first-order valence-electron chi connectivity index (χ1n) is 7.36. The van der Waals surface area contributed by atoms with Crippen LogP contribution < -0.4 is 10.5 Å². The van der Waals surface area contributed by atoms with Crippen molar-refractivity contribution in [2.24, 2.45) is 0 Å². The van der Waals surface area contributed by atoms with Gasteiger partial charge in [-0.25, -0.2) is 0 Å². The van der Waals surface area contributed by atoms with Crippen LogP contribution in [0.15, 0.2) is 42.5 Å². The summed E-state index contributed by atoms with van der Waals surface area (Å²) >= 11 is 0. The monoisotopic (exact) mass is 267 g/mol. The van der Waals surface area contributed by atoms with Crippen molar-refractivity contribution < 1.29 is 4.74 Å². The lowest BCUT2D eigenvalue weighted by molar-refractivity contribution is 0.226. The van der Waals surface area contributed by atoms with E-state index in [-0.39, 0.29) is 6.10 Å². The Balaban J connectivity index is 1.75. The molecule has 104 valence electrons. The third kappa shape index (κ3) is 2.79. The summed E-state index contributed by atoms with van der Waals surface area (Å²) in [5, 5.41) is 0. The van der Waals surface area contributed by atoms with Gasteiger partial charge in [-0.1, -0.05) is 18.2 Å². The second-order valence-corrected chi connectivity index (χ2v) is 5.56. The summed E-state index contributed by atoms with van der Waals surface area (Å²) in [4.78, 5) is 0. The molecule has 0 amide bonds. The Labute approximate surface area is 120 Å². The predicted octanol–water partition coefficient (Wildman–Crippen LogP) is 4.29. The molecule has 3 rings (SSSR count). The van der Waals surface area contributed by atoms with Crippen molar-refractivity contribution in [2.45, 2.75) is 38.7 Å². The van der Waals surface area contributed by atoms with Crippen LogP contribution in [0.5, 0.6) is 5.75 Å². The molecule has 1 aliphatic rings. The molecular formula is C18H21NO. The van der Waals surface area contributed by atoms with Gasteiger partial charge in [0.15, 0.2) is 0 Å². The second kappa shape index (κ2) is 5.58. The van der Waals surface area contributed by atoms with E-state index in [4.69, 9.17) is 10.5 Å². The van der Waals surface area contributed by atoms with Crippen molar-refractivity contribution in [3.05, 3.63) is 59.2 Å². The van der Waals surface area contributed by atoms with Crippen molar-refractivity contribution in [3.63, 3.8) is 0 Å². The summed E-state index contributed by atoms with van der Waals surface area (Å²) in [5.74, 6) is 0.968. The van der Waals surface area contributed by atoms with Crippen LogP contribution in [0.2, 0.25) is 0 Å². The summed E-state index contributed by atoms with van der Waals surface area (Å²) in [5.41, 5.74) is 10.6. The molecule has 2 aromatic rings. The normalized spacial score (nSPS) is 15.4. The first kappa shape index (κ1) is 13.0. The van der Waals surface area contributed by atoms with Gasteiger partial charge in [-0.05, 0) is 73.6 Å². The van der Waals surface area contributed by atoms with Crippen LogP contribution in [0.1, 0.15) is 42.6 Å². The summed E-state index contributed by atoms with van der Waals surface area (Å²) in [7, 11) is 0. The minimum absolute atomic E-state index is 0.0391. The van der Waals surface area contributed by atoms with Crippen molar-refractivity contribution in [1.82, 2.24) is 0 Å². The highest BCUT2D eigenvalue weighted by molar-refractivity contribution is 5.41. The molecule has 0 spiro atoms. The zero-order chi connectivity index (χ0) is 13.9. The van der Waals surface area contributed by atoms with E-state index in [0.29, 0.717) is 0 Å². The molecule has 0 aliphatic heterocycles. The molecule has 0 radical (unpaired) electrons. The lowest BCUT2D eigenvalue weighted by Gasteiger charge is -2.19. The minimum atomic E-state index is 0.0391. The van der Waals surface area contributed by atoms with Crippen molar-refractivity contribution >= 4 is 5.69 Å². The lowest BCUT2D eigenvalue weighted by Crippen LogP contribution is -2.06. The van der Waals surface area contributed by atoms with E-state index in [0.717, 1.165) is 17.0 Å². The topological polar surface area (TPSA) is 35.2 Å². The summed E-state index contributed by atoms with van der Waals surface area (Å²) in [6.45, 7) is 2.07. The molecule has 0 saturated carbocycles. The van der Waals surface area contributed by atoms with Gasteiger partial charge in [-0.2, -0.15) is 0 Å². The zero-order valence-corrected chi connectivity index (χ0v) is 11.9. The fraction of sp³-hybridized carbons (Fsp3) is 0.333. The van der Waals surface area contributed by atoms with Gasteiger partial charge in [-0.15, -0.1) is 0 Å². The van der Waals surface area contributed by atoms with Gasteiger partial charge < -0.3 is 10.5 Å². The van der Waals surface area contributed by atoms with Crippen LogP contribution in [-0.2, 0) is 12.8 Å². The molecule has 2 N–H and O–H groups in total. The molecule has 0 fully saturated rings. The average Bonchev–Trinajstić information content (AvgIpc) is 2.48. The Bertz CT molecular complexity index is 589. The highest BCUT2D eigenvalue weighted by Gasteiger charge is 2.12. The number of nitrogen functional groups attached to an aromatic ring is 1. The fourth-order valence-electron chi connectivity index (χ4n) is 2.82. The number of fused-ring (bicyclic) bond motifs is 1. The lowest BCUT2D eigenvalue weighted by atomic mass is 9.92.